The Morgan fingerprint density at radius 2 is 1.91 bits per heavy atom. The smallest absolute Gasteiger partial charge is 0.322 e. The fourth-order valence-corrected chi connectivity index (χ4v) is 2.29. The number of carbonyl (C=O) groups excluding carboxylic acids is 1. The van der Waals surface area contributed by atoms with E-state index in [4.69, 9.17) is 0 Å². The summed E-state index contributed by atoms with van der Waals surface area (Å²) in [5.41, 5.74) is -1.17. The van der Waals surface area contributed by atoms with Gasteiger partial charge < -0.3 is 5.32 Å². The minimum absolute atomic E-state index is 0.0861. The Balaban J connectivity index is 2.23. The molecule has 23 heavy (non-hydrogen) atoms. The second-order valence-corrected chi connectivity index (χ2v) is 5.25. The molecule has 9 heteroatoms. The van der Waals surface area contributed by atoms with Crippen molar-refractivity contribution in [3.05, 3.63) is 53.7 Å². The lowest BCUT2D eigenvalue weighted by Gasteiger charge is -2.11. The molecule has 122 valence electrons. The standard InChI is InChI=1S/C14H9F5N2OS/c15-13(16)23-12-10(5-2-6-20-12)11(22)21-9-4-1-3-8(7-9)14(17,18)19/h1-7,13H,(H,21,22). The number of hydrogen-bond donors (Lipinski definition) is 1. The predicted octanol–water partition coefficient (Wildman–Crippen LogP) is 4.67. The third-order valence-corrected chi connectivity index (χ3v) is 3.39. The number of amides is 1. The number of benzene rings is 1. The molecule has 1 aromatic heterocycles. The number of pyridine rings is 1. The van der Waals surface area contributed by atoms with Crippen molar-refractivity contribution < 1.29 is 26.7 Å². The van der Waals surface area contributed by atoms with Gasteiger partial charge in [-0.15, -0.1) is 0 Å². The number of alkyl halides is 5. The molecule has 0 aliphatic carbocycles. The van der Waals surface area contributed by atoms with Gasteiger partial charge in [-0.3, -0.25) is 4.79 Å². The molecule has 1 heterocycles. The molecule has 0 aliphatic heterocycles. The zero-order valence-electron chi connectivity index (χ0n) is 11.3. The molecule has 3 nitrogen and oxygen atoms in total. The second kappa shape index (κ2) is 6.95. The van der Waals surface area contributed by atoms with Gasteiger partial charge in [0.15, 0.2) is 0 Å². The highest BCUT2D eigenvalue weighted by Gasteiger charge is 2.30. The summed E-state index contributed by atoms with van der Waals surface area (Å²) >= 11 is 0.0861. The van der Waals surface area contributed by atoms with Crippen LogP contribution in [0.4, 0.5) is 27.6 Å². The van der Waals surface area contributed by atoms with Gasteiger partial charge in [-0.05, 0) is 42.1 Å². The first-order valence-electron chi connectivity index (χ1n) is 6.16. The molecule has 1 aromatic carbocycles. The Kier molecular flexibility index (Phi) is 5.19. The van der Waals surface area contributed by atoms with E-state index in [1.807, 2.05) is 0 Å². The summed E-state index contributed by atoms with van der Waals surface area (Å²) in [7, 11) is 0. The summed E-state index contributed by atoms with van der Waals surface area (Å²) in [5, 5.41) is 2.05. The van der Waals surface area contributed by atoms with Crippen LogP contribution < -0.4 is 5.32 Å². The summed E-state index contributed by atoms with van der Waals surface area (Å²) in [5.74, 6) is -3.59. The van der Waals surface area contributed by atoms with Crippen molar-refractivity contribution in [1.29, 1.82) is 0 Å². The maximum absolute atomic E-state index is 12.6. The molecule has 0 aliphatic rings. The lowest BCUT2D eigenvalue weighted by Crippen LogP contribution is -2.14. The highest BCUT2D eigenvalue weighted by molar-refractivity contribution is 7.99. The zero-order valence-corrected chi connectivity index (χ0v) is 12.1. The van der Waals surface area contributed by atoms with Gasteiger partial charge in [-0.1, -0.05) is 6.07 Å². The van der Waals surface area contributed by atoms with E-state index in [0.717, 1.165) is 18.2 Å². The van der Waals surface area contributed by atoms with Gasteiger partial charge >= 0.3 is 6.18 Å². The summed E-state index contributed by atoms with van der Waals surface area (Å²) < 4.78 is 62.8. The van der Waals surface area contributed by atoms with Crippen LogP contribution >= 0.6 is 11.8 Å². The van der Waals surface area contributed by atoms with Gasteiger partial charge in [0.25, 0.3) is 11.7 Å². The topological polar surface area (TPSA) is 42.0 Å². The van der Waals surface area contributed by atoms with Crippen LogP contribution in [-0.2, 0) is 6.18 Å². The molecule has 0 atom stereocenters. The molecule has 0 spiro atoms. The maximum Gasteiger partial charge on any atom is 0.416 e. The Labute approximate surface area is 131 Å². The minimum atomic E-state index is -4.55. The number of nitrogens with zero attached hydrogens (tertiary/aromatic N) is 1. The van der Waals surface area contributed by atoms with Crippen LogP contribution in [0.5, 0.6) is 0 Å². The second-order valence-electron chi connectivity index (χ2n) is 4.27. The Hall–Kier alpha value is -2.16. The van der Waals surface area contributed by atoms with E-state index in [-0.39, 0.29) is 28.0 Å². The number of aromatic nitrogens is 1. The van der Waals surface area contributed by atoms with Crippen LogP contribution in [0.15, 0.2) is 47.6 Å². The molecule has 2 aromatic rings. The monoisotopic (exact) mass is 348 g/mol. The fourth-order valence-electron chi connectivity index (χ4n) is 1.71. The van der Waals surface area contributed by atoms with Gasteiger partial charge in [0.05, 0.1) is 11.1 Å². The van der Waals surface area contributed by atoms with Crippen LogP contribution in [0.25, 0.3) is 0 Å². The Morgan fingerprint density at radius 1 is 1.17 bits per heavy atom. The summed E-state index contributed by atoms with van der Waals surface area (Å²) in [6.07, 6.45) is -3.31. The van der Waals surface area contributed by atoms with Crippen molar-refractivity contribution in [2.45, 2.75) is 17.0 Å². The van der Waals surface area contributed by atoms with Crippen molar-refractivity contribution >= 4 is 23.4 Å². The van der Waals surface area contributed by atoms with E-state index in [0.29, 0.717) is 0 Å². The molecular formula is C14H9F5N2OS. The first-order valence-corrected chi connectivity index (χ1v) is 7.04. The van der Waals surface area contributed by atoms with Crippen molar-refractivity contribution in [2.75, 3.05) is 5.32 Å². The highest BCUT2D eigenvalue weighted by atomic mass is 32.2. The van der Waals surface area contributed by atoms with Crippen molar-refractivity contribution in [3.63, 3.8) is 0 Å². The predicted molar refractivity (Wildman–Crippen MR) is 75.5 cm³/mol. The SMILES string of the molecule is O=C(Nc1cccc(C(F)(F)F)c1)c1cccnc1SC(F)F. The third-order valence-electron chi connectivity index (χ3n) is 2.66. The molecule has 0 radical (unpaired) electrons. The van der Waals surface area contributed by atoms with Gasteiger partial charge in [-0.25, -0.2) is 4.98 Å². The average Bonchev–Trinajstić information content (AvgIpc) is 2.46. The maximum atomic E-state index is 12.6. The molecular weight excluding hydrogens is 339 g/mol. The number of carbonyl (C=O) groups is 1. The van der Waals surface area contributed by atoms with Crippen LogP contribution in [0, 0.1) is 0 Å². The van der Waals surface area contributed by atoms with Gasteiger partial charge in [0.2, 0.25) is 0 Å². The van der Waals surface area contributed by atoms with E-state index in [2.05, 4.69) is 10.3 Å². The van der Waals surface area contributed by atoms with Crippen molar-refractivity contribution in [2.24, 2.45) is 0 Å². The Bertz CT molecular complexity index is 706. The molecule has 0 bridgehead atoms. The molecule has 0 unspecified atom stereocenters. The van der Waals surface area contributed by atoms with Gasteiger partial charge in [0, 0.05) is 11.9 Å². The van der Waals surface area contributed by atoms with E-state index in [9.17, 15) is 26.7 Å². The summed E-state index contributed by atoms with van der Waals surface area (Å²) in [4.78, 5) is 15.8. The van der Waals surface area contributed by atoms with Gasteiger partial charge in [0.1, 0.15) is 5.03 Å². The number of rotatable bonds is 4. The number of nitrogens with one attached hydrogen (secondary N) is 1. The summed E-state index contributed by atoms with van der Waals surface area (Å²) in [6, 6.07) is 6.66. The quantitative estimate of drug-likeness (QED) is 0.645. The van der Waals surface area contributed by atoms with E-state index in [1.165, 1.54) is 24.4 Å². The summed E-state index contributed by atoms with van der Waals surface area (Å²) in [6.45, 7) is 0. The molecule has 0 saturated carbocycles. The number of hydrogen-bond acceptors (Lipinski definition) is 3. The number of halogens is 5. The van der Waals surface area contributed by atoms with E-state index >= 15 is 0 Å². The van der Waals surface area contributed by atoms with Gasteiger partial charge in [-0.2, -0.15) is 22.0 Å². The number of thioether (sulfide) groups is 1. The molecule has 0 saturated heterocycles. The first kappa shape index (κ1) is 17.2. The molecule has 2 rings (SSSR count). The first-order chi connectivity index (χ1) is 10.8. The van der Waals surface area contributed by atoms with Crippen molar-refractivity contribution in [3.8, 4) is 0 Å². The fraction of sp³-hybridized carbons (Fsp3) is 0.143. The largest absolute Gasteiger partial charge is 0.416 e. The molecule has 0 fully saturated rings. The minimum Gasteiger partial charge on any atom is -0.322 e. The van der Waals surface area contributed by atoms with Crippen LogP contribution in [-0.4, -0.2) is 16.6 Å². The molecule has 1 amide bonds. The van der Waals surface area contributed by atoms with E-state index in [1.54, 1.807) is 0 Å². The normalized spacial score (nSPS) is 11.6. The third kappa shape index (κ3) is 4.65. The van der Waals surface area contributed by atoms with Crippen LogP contribution in [0.2, 0.25) is 0 Å². The lowest BCUT2D eigenvalue weighted by molar-refractivity contribution is -0.137. The average molecular weight is 348 g/mol. The lowest BCUT2D eigenvalue weighted by atomic mass is 10.2. The number of anilines is 1. The Morgan fingerprint density at radius 3 is 2.57 bits per heavy atom. The van der Waals surface area contributed by atoms with Crippen LogP contribution in [0.1, 0.15) is 15.9 Å². The highest BCUT2D eigenvalue weighted by Crippen LogP contribution is 2.31. The van der Waals surface area contributed by atoms with E-state index < -0.39 is 23.4 Å². The zero-order chi connectivity index (χ0) is 17.0. The van der Waals surface area contributed by atoms with Crippen molar-refractivity contribution in [1.82, 2.24) is 4.98 Å². The molecule has 1 N–H and O–H groups in total. The van der Waals surface area contributed by atoms with Crippen LogP contribution in [0.3, 0.4) is 0 Å².